The first-order valence-corrected chi connectivity index (χ1v) is 13.4. The van der Waals surface area contributed by atoms with Gasteiger partial charge >= 0.3 is 0 Å². The summed E-state index contributed by atoms with van der Waals surface area (Å²) in [5, 5.41) is 21.9. The summed E-state index contributed by atoms with van der Waals surface area (Å²) in [7, 11) is 0. The van der Waals surface area contributed by atoms with E-state index >= 15 is 0 Å². The molecule has 0 saturated heterocycles. The van der Waals surface area contributed by atoms with Gasteiger partial charge in [-0.3, -0.25) is 9.20 Å². The average molecular weight is 520 g/mol. The molecular formula is C30H29N7O2. The van der Waals surface area contributed by atoms with E-state index in [0.717, 1.165) is 35.2 Å². The van der Waals surface area contributed by atoms with Crippen LogP contribution in [0.1, 0.15) is 48.8 Å². The number of aromatic nitrogens is 5. The van der Waals surface area contributed by atoms with Crippen LogP contribution in [0, 0.1) is 5.92 Å². The van der Waals surface area contributed by atoms with E-state index in [4.69, 9.17) is 15.7 Å². The number of carbonyl (C=O) groups excluding carboxylic acids is 1. The van der Waals surface area contributed by atoms with Gasteiger partial charge in [-0.1, -0.05) is 54.6 Å². The summed E-state index contributed by atoms with van der Waals surface area (Å²) in [6.07, 6.45) is 3.39. The molecule has 5 aromatic rings. The minimum Gasteiger partial charge on any atom is -0.389 e. The van der Waals surface area contributed by atoms with Gasteiger partial charge in [0.1, 0.15) is 5.52 Å². The fourth-order valence-electron chi connectivity index (χ4n) is 5.98. The quantitative estimate of drug-likeness (QED) is 0.311. The number of hydrogen-bond donors (Lipinski definition) is 3. The number of hydrogen-bond acceptors (Lipinski definition) is 7. The van der Waals surface area contributed by atoms with Gasteiger partial charge < -0.3 is 16.2 Å². The molecule has 1 amide bonds. The lowest BCUT2D eigenvalue weighted by molar-refractivity contribution is -0.106. The monoisotopic (exact) mass is 519 g/mol. The van der Waals surface area contributed by atoms with Crippen LogP contribution in [0.15, 0.2) is 66.7 Å². The first-order valence-electron chi connectivity index (χ1n) is 13.4. The van der Waals surface area contributed by atoms with Crippen molar-refractivity contribution in [3.63, 3.8) is 0 Å². The van der Waals surface area contributed by atoms with E-state index in [2.05, 4.69) is 15.5 Å². The van der Waals surface area contributed by atoms with Crippen molar-refractivity contribution in [3.05, 3.63) is 78.1 Å². The highest BCUT2D eigenvalue weighted by atomic mass is 16.3. The third-order valence-corrected chi connectivity index (χ3v) is 8.09. The molecule has 2 aliphatic rings. The Hall–Kier alpha value is -4.21. The predicted octanol–water partition coefficient (Wildman–Crippen LogP) is 3.85. The molecule has 4 N–H and O–H groups in total. The Morgan fingerprint density at radius 1 is 0.974 bits per heavy atom. The molecule has 196 valence electrons. The number of carbonyl (C=O) groups is 1. The van der Waals surface area contributed by atoms with Crippen LogP contribution in [0.25, 0.3) is 39.3 Å². The Balaban J connectivity index is 1.34. The lowest BCUT2D eigenvalue weighted by atomic mass is 9.60. The van der Waals surface area contributed by atoms with Crippen molar-refractivity contribution in [3.8, 4) is 22.5 Å². The van der Waals surface area contributed by atoms with Crippen LogP contribution in [-0.4, -0.2) is 47.7 Å². The van der Waals surface area contributed by atoms with Crippen molar-refractivity contribution in [2.75, 3.05) is 6.54 Å². The Labute approximate surface area is 225 Å². The van der Waals surface area contributed by atoms with Gasteiger partial charge in [0.2, 0.25) is 5.82 Å². The van der Waals surface area contributed by atoms with E-state index in [1.807, 2.05) is 67.6 Å². The van der Waals surface area contributed by atoms with Crippen LogP contribution in [0.5, 0.6) is 0 Å². The SMILES string of the molecule is CCNC(=O)c1nnc2ccc3nc(-c4ccc([C@]5(N)C[C@@](O)(C6CC6)C5)cc4)c(-c4ccccc4)nc3n12. The largest absolute Gasteiger partial charge is 0.389 e. The molecule has 2 aliphatic carbocycles. The number of pyridine rings is 1. The number of amides is 1. The van der Waals surface area contributed by atoms with Crippen molar-refractivity contribution >= 4 is 22.7 Å². The number of benzene rings is 2. The Morgan fingerprint density at radius 2 is 1.67 bits per heavy atom. The fourth-order valence-corrected chi connectivity index (χ4v) is 5.98. The third-order valence-electron chi connectivity index (χ3n) is 8.09. The van der Waals surface area contributed by atoms with Crippen LogP contribution in [-0.2, 0) is 5.54 Å². The molecule has 0 bridgehead atoms. The van der Waals surface area contributed by atoms with Crippen molar-refractivity contribution in [1.82, 2.24) is 29.9 Å². The first kappa shape index (κ1) is 23.9. The predicted molar refractivity (Wildman–Crippen MR) is 148 cm³/mol. The zero-order valence-corrected chi connectivity index (χ0v) is 21.6. The average Bonchev–Trinajstić information content (AvgIpc) is 3.71. The lowest BCUT2D eigenvalue weighted by Gasteiger charge is -2.52. The molecule has 0 spiro atoms. The minimum absolute atomic E-state index is 0.169. The topological polar surface area (TPSA) is 131 Å². The molecule has 9 nitrogen and oxygen atoms in total. The molecule has 39 heavy (non-hydrogen) atoms. The van der Waals surface area contributed by atoms with E-state index in [0.29, 0.717) is 47.8 Å². The number of rotatable bonds is 6. The second-order valence-corrected chi connectivity index (χ2v) is 10.9. The number of fused-ring (bicyclic) bond motifs is 3. The number of aliphatic hydroxyl groups is 1. The second kappa shape index (κ2) is 8.65. The molecular weight excluding hydrogens is 490 g/mol. The van der Waals surface area contributed by atoms with Crippen LogP contribution >= 0.6 is 0 Å². The molecule has 2 fully saturated rings. The maximum Gasteiger partial charge on any atom is 0.289 e. The van der Waals surface area contributed by atoms with E-state index in [9.17, 15) is 9.90 Å². The van der Waals surface area contributed by atoms with E-state index in [-0.39, 0.29) is 11.7 Å². The maximum absolute atomic E-state index is 12.7. The van der Waals surface area contributed by atoms with Gasteiger partial charge in [-0.05, 0) is 56.2 Å². The summed E-state index contributed by atoms with van der Waals surface area (Å²) in [4.78, 5) is 22.8. The van der Waals surface area contributed by atoms with Crippen molar-refractivity contribution in [2.24, 2.45) is 11.7 Å². The minimum atomic E-state index is -0.613. The van der Waals surface area contributed by atoms with Gasteiger partial charge in [0.25, 0.3) is 5.91 Å². The molecule has 3 aromatic heterocycles. The summed E-state index contributed by atoms with van der Waals surface area (Å²) >= 11 is 0. The highest BCUT2D eigenvalue weighted by Gasteiger charge is 2.58. The van der Waals surface area contributed by atoms with Crippen LogP contribution in [0.4, 0.5) is 0 Å². The fraction of sp³-hybridized carbons (Fsp3) is 0.300. The molecule has 0 unspecified atom stereocenters. The Kier molecular flexibility index (Phi) is 5.30. The standard InChI is InChI=1S/C30H29N7O2/c1-2-32-28(38)27-36-35-23-15-14-22-26(37(23)27)34-25(18-6-4-3-5-7-18)24(33-22)19-8-10-20(11-9-19)29(31)16-30(39,17-29)21-12-13-21/h3-11,14-15,21,39H,2,12-13,16-17,31H2,1H3,(H,32,38)/t29-,30-. The van der Waals surface area contributed by atoms with E-state index < -0.39 is 11.1 Å². The molecule has 3 heterocycles. The van der Waals surface area contributed by atoms with Crippen LogP contribution in [0.3, 0.4) is 0 Å². The van der Waals surface area contributed by atoms with Gasteiger partial charge in [-0.25, -0.2) is 9.97 Å². The van der Waals surface area contributed by atoms with Gasteiger partial charge in [-0.2, -0.15) is 0 Å². The molecule has 0 radical (unpaired) electrons. The van der Waals surface area contributed by atoms with Crippen molar-refractivity contribution in [2.45, 2.75) is 43.7 Å². The van der Waals surface area contributed by atoms with Gasteiger partial charge in [0, 0.05) is 23.2 Å². The van der Waals surface area contributed by atoms with E-state index in [1.54, 1.807) is 10.5 Å². The van der Waals surface area contributed by atoms with E-state index in [1.165, 1.54) is 0 Å². The summed E-state index contributed by atoms with van der Waals surface area (Å²) in [5.41, 5.74) is 11.5. The summed E-state index contributed by atoms with van der Waals surface area (Å²) in [6, 6.07) is 21.6. The molecule has 0 atom stereocenters. The van der Waals surface area contributed by atoms with Crippen molar-refractivity contribution in [1.29, 1.82) is 0 Å². The van der Waals surface area contributed by atoms with Crippen molar-refractivity contribution < 1.29 is 9.90 Å². The Bertz CT molecular complexity index is 1720. The zero-order valence-electron chi connectivity index (χ0n) is 21.6. The molecule has 9 heteroatoms. The second-order valence-electron chi connectivity index (χ2n) is 10.9. The molecule has 0 aliphatic heterocycles. The number of nitrogens with two attached hydrogens (primary N) is 1. The van der Waals surface area contributed by atoms with Gasteiger partial charge in [0.05, 0.1) is 17.0 Å². The number of nitrogens with one attached hydrogen (secondary N) is 1. The third kappa shape index (κ3) is 3.88. The Morgan fingerprint density at radius 3 is 2.36 bits per heavy atom. The summed E-state index contributed by atoms with van der Waals surface area (Å²) in [6.45, 7) is 2.33. The first-order chi connectivity index (χ1) is 18.9. The molecule has 2 aromatic carbocycles. The van der Waals surface area contributed by atoms with Crippen LogP contribution in [0.2, 0.25) is 0 Å². The van der Waals surface area contributed by atoms with Gasteiger partial charge in [-0.15, -0.1) is 10.2 Å². The lowest BCUT2D eigenvalue weighted by Crippen LogP contribution is -2.60. The zero-order chi connectivity index (χ0) is 26.8. The molecule has 7 rings (SSSR count). The van der Waals surface area contributed by atoms with Crippen LogP contribution < -0.4 is 11.1 Å². The smallest absolute Gasteiger partial charge is 0.289 e. The summed E-state index contributed by atoms with van der Waals surface area (Å²) in [5.74, 6) is 0.253. The molecule has 2 saturated carbocycles. The maximum atomic E-state index is 12.7. The van der Waals surface area contributed by atoms with Gasteiger partial charge in [0.15, 0.2) is 11.3 Å². The highest BCUT2D eigenvalue weighted by molar-refractivity contribution is 5.94. The number of nitrogens with zero attached hydrogens (tertiary/aromatic N) is 5. The normalized spacial score (nSPS) is 22.6. The summed E-state index contributed by atoms with van der Waals surface area (Å²) < 4.78 is 1.66. The highest BCUT2D eigenvalue weighted by Crippen LogP contribution is 2.57.